The molecule has 2 nitrogen and oxygen atoms in total. The molecule has 0 aliphatic rings. The fourth-order valence-corrected chi connectivity index (χ4v) is 4.27. The molecule has 26 heavy (non-hydrogen) atoms. The van der Waals surface area contributed by atoms with Crippen molar-refractivity contribution in [3.8, 4) is 0 Å². The van der Waals surface area contributed by atoms with Crippen LogP contribution in [-0.2, 0) is 16.2 Å². The number of benzene rings is 3. The van der Waals surface area contributed by atoms with Crippen molar-refractivity contribution in [3.63, 3.8) is 0 Å². The first-order valence-corrected chi connectivity index (χ1v) is 9.74. The highest BCUT2D eigenvalue weighted by Crippen LogP contribution is 2.30. The van der Waals surface area contributed by atoms with Gasteiger partial charge in [0, 0.05) is 20.9 Å². The van der Waals surface area contributed by atoms with Gasteiger partial charge in [0.05, 0.1) is 10.8 Å². The van der Waals surface area contributed by atoms with Crippen LogP contribution in [0.5, 0.6) is 0 Å². The van der Waals surface area contributed by atoms with Gasteiger partial charge in [-0.15, -0.1) is 0 Å². The first-order chi connectivity index (χ1) is 12.4. The first kappa shape index (κ1) is 18.3. The molecule has 1 atom stereocenters. The monoisotopic (exact) mass is 362 g/mol. The van der Waals surface area contributed by atoms with Gasteiger partial charge in [0.2, 0.25) is 0 Å². The van der Waals surface area contributed by atoms with Gasteiger partial charge in [0.15, 0.2) is 5.78 Å². The van der Waals surface area contributed by atoms with E-state index in [4.69, 9.17) is 0 Å². The predicted octanol–water partition coefficient (Wildman–Crippen LogP) is 5.38. The van der Waals surface area contributed by atoms with Gasteiger partial charge < -0.3 is 0 Å². The van der Waals surface area contributed by atoms with Crippen LogP contribution in [0.25, 0.3) is 0 Å². The number of rotatable bonds is 4. The number of ketones is 1. The Hall–Kier alpha value is -2.52. The normalized spacial score (nSPS) is 12.6. The molecular formula is C23H22O2S. The SMILES string of the molecule is CC(C)(C)c1ccccc1S(=O)c1ccc(C(=O)c2ccccc2)cc1. The summed E-state index contributed by atoms with van der Waals surface area (Å²) in [5.41, 5.74) is 2.23. The van der Waals surface area contributed by atoms with E-state index in [-0.39, 0.29) is 11.2 Å². The highest BCUT2D eigenvalue weighted by atomic mass is 32.2. The topological polar surface area (TPSA) is 34.1 Å². The molecule has 3 rings (SSSR count). The van der Waals surface area contributed by atoms with Crippen molar-refractivity contribution in [2.75, 3.05) is 0 Å². The Kier molecular flexibility index (Phi) is 5.19. The number of hydrogen-bond donors (Lipinski definition) is 0. The van der Waals surface area contributed by atoms with E-state index < -0.39 is 10.8 Å². The summed E-state index contributed by atoms with van der Waals surface area (Å²) in [5, 5.41) is 0. The second kappa shape index (κ2) is 7.38. The zero-order chi connectivity index (χ0) is 18.7. The summed E-state index contributed by atoms with van der Waals surface area (Å²) >= 11 is 0. The molecule has 0 radical (unpaired) electrons. The summed E-state index contributed by atoms with van der Waals surface area (Å²) < 4.78 is 13.1. The Morgan fingerprint density at radius 2 is 1.27 bits per heavy atom. The van der Waals surface area contributed by atoms with Crippen LogP contribution in [0.1, 0.15) is 42.3 Å². The molecule has 0 saturated heterocycles. The standard InChI is InChI=1S/C23H22O2S/c1-23(2,3)20-11-7-8-12-21(20)26(25)19-15-13-18(14-16-19)22(24)17-9-5-4-6-10-17/h4-16H,1-3H3. The summed E-state index contributed by atoms with van der Waals surface area (Å²) in [7, 11) is -1.28. The van der Waals surface area contributed by atoms with Gasteiger partial charge in [-0.25, -0.2) is 4.21 Å². The van der Waals surface area contributed by atoms with Crippen molar-refractivity contribution < 1.29 is 9.00 Å². The molecule has 3 heteroatoms. The third-order valence-electron chi connectivity index (χ3n) is 4.26. The molecule has 0 saturated carbocycles. The van der Waals surface area contributed by atoms with Gasteiger partial charge in [0.25, 0.3) is 0 Å². The second-order valence-corrected chi connectivity index (χ2v) is 8.68. The molecule has 1 unspecified atom stereocenters. The molecule has 0 spiro atoms. The molecule has 0 bridgehead atoms. The van der Waals surface area contributed by atoms with Crippen LogP contribution in [-0.4, -0.2) is 9.99 Å². The molecule has 3 aromatic rings. The minimum Gasteiger partial charge on any atom is -0.289 e. The van der Waals surface area contributed by atoms with Gasteiger partial charge in [0.1, 0.15) is 0 Å². The maximum absolute atomic E-state index is 13.1. The Labute approximate surface area is 157 Å². The molecule has 0 aromatic heterocycles. The van der Waals surface area contributed by atoms with E-state index in [0.29, 0.717) is 16.0 Å². The second-order valence-electron chi connectivity index (χ2n) is 7.23. The summed E-state index contributed by atoms with van der Waals surface area (Å²) in [6.07, 6.45) is 0. The Bertz CT molecular complexity index is 936. The van der Waals surface area contributed by atoms with Crippen LogP contribution < -0.4 is 0 Å². The minimum absolute atomic E-state index is 0.0296. The highest BCUT2D eigenvalue weighted by Gasteiger charge is 2.21. The van der Waals surface area contributed by atoms with E-state index in [1.165, 1.54) is 0 Å². The molecule has 0 N–H and O–H groups in total. The third-order valence-corrected chi connectivity index (χ3v) is 5.72. The molecule has 0 amide bonds. The van der Waals surface area contributed by atoms with Gasteiger partial charge in [-0.05, 0) is 41.3 Å². The Balaban J connectivity index is 1.90. The number of carbonyl (C=O) groups excluding carboxylic acids is 1. The summed E-state index contributed by atoms with van der Waals surface area (Å²) in [5.74, 6) is -0.0296. The van der Waals surface area contributed by atoms with Crippen molar-refractivity contribution in [2.24, 2.45) is 0 Å². The van der Waals surface area contributed by atoms with Crippen LogP contribution >= 0.6 is 0 Å². The molecule has 0 aliphatic carbocycles. The molecule has 3 aromatic carbocycles. The lowest BCUT2D eigenvalue weighted by Gasteiger charge is -2.22. The van der Waals surface area contributed by atoms with Crippen molar-refractivity contribution in [2.45, 2.75) is 36.0 Å². The summed E-state index contributed by atoms with van der Waals surface area (Å²) in [6.45, 7) is 6.35. The largest absolute Gasteiger partial charge is 0.289 e. The lowest BCUT2D eigenvalue weighted by Crippen LogP contribution is -2.14. The zero-order valence-corrected chi connectivity index (χ0v) is 16.0. The molecule has 0 fully saturated rings. The maximum Gasteiger partial charge on any atom is 0.193 e. The van der Waals surface area contributed by atoms with Crippen LogP contribution in [0.4, 0.5) is 0 Å². The first-order valence-electron chi connectivity index (χ1n) is 8.59. The highest BCUT2D eigenvalue weighted by molar-refractivity contribution is 7.85. The Morgan fingerprint density at radius 3 is 1.88 bits per heavy atom. The van der Waals surface area contributed by atoms with Crippen molar-refractivity contribution in [1.29, 1.82) is 0 Å². The van der Waals surface area contributed by atoms with Gasteiger partial charge in [-0.1, -0.05) is 69.3 Å². The van der Waals surface area contributed by atoms with E-state index in [0.717, 1.165) is 10.5 Å². The van der Waals surface area contributed by atoms with Crippen LogP contribution in [0, 0.1) is 0 Å². The lowest BCUT2D eigenvalue weighted by atomic mass is 9.87. The van der Waals surface area contributed by atoms with Crippen molar-refractivity contribution in [3.05, 3.63) is 95.6 Å². The van der Waals surface area contributed by atoms with Crippen molar-refractivity contribution >= 4 is 16.6 Å². The zero-order valence-electron chi connectivity index (χ0n) is 15.2. The summed E-state index contributed by atoms with van der Waals surface area (Å²) in [4.78, 5) is 14.0. The van der Waals surface area contributed by atoms with Crippen LogP contribution in [0.15, 0.2) is 88.7 Å². The van der Waals surface area contributed by atoms with Gasteiger partial charge in [-0.2, -0.15) is 0 Å². The minimum atomic E-state index is -1.28. The third kappa shape index (κ3) is 3.83. The average molecular weight is 362 g/mol. The number of carbonyl (C=O) groups is 1. The quantitative estimate of drug-likeness (QED) is 0.584. The van der Waals surface area contributed by atoms with E-state index in [1.807, 2.05) is 42.5 Å². The van der Waals surface area contributed by atoms with Gasteiger partial charge >= 0.3 is 0 Å². The Morgan fingerprint density at radius 1 is 0.731 bits per heavy atom. The van der Waals surface area contributed by atoms with E-state index in [9.17, 15) is 9.00 Å². The fraction of sp³-hybridized carbons (Fsp3) is 0.174. The van der Waals surface area contributed by atoms with Crippen molar-refractivity contribution in [1.82, 2.24) is 0 Å². The van der Waals surface area contributed by atoms with E-state index in [1.54, 1.807) is 36.4 Å². The molecule has 0 aliphatic heterocycles. The smallest absolute Gasteiger partial charge is 0.193 e. The van der Waals surface area contributed by atoms with E-state index in [2.05, 4.69) is 20.8 Å². The van der Waals surface area contributed by atoms with Gasteiger partial charge in [-0.3, -0.25) is 4.79 Å². The fourth-order valence-electron chi connectivity index (χ4n) is 2.86. The van der Waals surface area contributed by atoms with E-state index >= 15 is 0 Å². The average Bonchev–Trinajstić information content (AvgIpc) is 2.67. The molecular weight excluding hydrogens is 340 g/mol. The number of hydrogen-bond acceptors (Lipinski definition) is 2. The lowest BCUT2D eigenvalue weighted by molar-refractivity contribution is 0.103. The summed E-state index contributed by atoms with van der Waals surface area (Å²) in [6, 6.07) is 24.1. The molecule has 132 valence electrons. The maximum atomic E-state index is 13.1. The predicted molar refractivity (Wildman–Crippen MR) is 106 cm³/mol. The molecule has 0 heterocycles. The van der Waals surface area contributed by atoms with Crippen LogP contribution in [0.2, 0.25) is 0 Å². The van der Waals surface area contributed by atoms with Crippen LogP contribution in [0.3, 0.4) is 0 Å².